The maximum absolute atomic E-state index is 11.3. The zero-order valence-electron chi connectivity index (χ0n) is 9.75. The average molecular weight is 222 g/mol. The van der Waals surface area contributed by atoms with Crippen LogP contribution in [0.3, 0.4) is 0 Å². The molecule has 4 heteroatoms. The molecule has 2 N–H and O–H groups in total. The van der Waals surface area contributed by atoms with Crippen LogP contribution in [0.4, 0.5) is 5.69 Å². The Morgan fingerprint density at radius 2 is 2.25 bits per heavy atom. The molecular weight excluding hydrogens is 204 g/mol. The van der Waals surface area contributed by atoms with Gasteiger partial charge in [-0.1, -0.05) is 12.1 Å². The Labute approximate surface area is 96.0 Å². The summed E-state index contributed by atoms with van der Waals surface area (Å²) in [5, 5.41) is 5.60. The minimum Gasteiger partial charge on any atom is -0.377 e. The lowest BCUT2D eigenvalue weighted by Crippen LogP contribution is -2.25. The van der Waals surface area contributed by atoms with Gasteiger partial charge < -0.3 is 15.4 Å². The summed E-state index contributed by atoms with van der Waals surface area (Å²) in [6.45, 7) is 3.54. The van der Waals surface area contributed by atoms with Crippen molar-refractivity contribution in [1.29, 1.82) is 0 Å². The number of likely N-dealkylation sites (N-methyl/N-ethyl adjacent to an activating group) is 1. The third-order valence-corrected chi connectivity index (χ3v) is 2.02. The minimum atomic E-state index is -0.0453. The van der Waals surface area contributed by atoms with Gasteiger partial charge in [0.25, 0.3) is 0 Å². The Morgan fingerprint density at radius 3 is 2.94 bits per heavy atom. The molecular formula is C12H18N2O2. The van der Waals surface area contributed by atoms with Gasteiger partial charge in [0, 0.05) is 12.3 Å². The quantitative estimate of drug-likeness (QED) is 0.764. The molecule has 0 heterocycles. The van der Waals surface area contributed by atoms with Crippen LogP contribution >= 0.6 is 0 Å². The summed E-state index contributed by atoms with van der Waals surface area (Å²) in [4.78, 5) is 11.3. The third-order valence-electron chi connectivity index (χ3n) is 2.02. The summed E-state index contributed by atoms with van der Waals surface area (Å²) in [7, 11) is 1.74. The molecule has 0 bridgehead atoms. The summed E-state index contributed by atoms with van der Waals surface area (Å²) in [5.41, 5.74) is 1.86. The molecule has 0 spiro atoms. The number of carbonyl (C=O) groups excluding carboxylic acids is 1. The average Bonchev–Trinajstić information content (AvgIpc) is 2.27. The highest BCUT2D eigenvalue weighted by Gasteiger charge is 2.01. The van der Waals surface area contributed by atoms with E-state index in [1.807, 2.05) is 31.2 Å². The number of carbonyl (C=O) groups is 1. The van der Waals surface area contributed by atoms with Gasteiger partial charge in [-0.2, -0.15) is 0 Å². The molecule has 0 fully saturated rings. The van der Waals surface area contributed by atoms with E-state index in [-0.39, 0.29) is 5.91 Å². The van der Waals surface area contributed by atoms with Crippen LogP contribution in [0.25, 0.3) is 0 Å². The van der Waals surface area contributed by atoms with Crippen molar-refractivity contribution in [3.8, 4) is 0 Å². The molecule has 0 saturated carbocycles. The molecule has 88 valence electrons. The zero-order chi connectivity index (χ0) is 11.8. The third kappa shape index (κ3) is 4.42. The number of hydrogen-bond acceptors (Lipinski definition) is 3. The van der Waals surface area contributed by atoms with E-state index >= 15 is 0 Å². The largest absolute Gasteiger partial charge is 0.377 e. The number of benzene rings is 1. The maximum atomic E-state index is 11.3. The number of anilines is 1. The molecule has 1 rings (SSSR count). The fourth-order valence-electron chi connectivity index (χ4n) is 1.32. The molecule has 0 aliphatic heterocycles. The van der Waals surface area contributed by atoms with Crippen molar-refractivity contribution in [2.24, 2.45) is 0 Å². The lowest BCUT2D eigenvalue weighted by molar-refractivity contribution is -0.115. The predicted octanol–water partition coefficient (Wildman–Crippen LogP) is 1.38. The number of ether oxygens (including phenoxy) is 1. The van der Waals surface area contributed by atoms with E-state index in [1.54, 1.807) is 7.05 Å². The first-order chi connectivity index (χ1) is 7.76. The van der Waals surface area contributed by atoms with Crippen molar-refractivity contribution < 1.29 is 9.53 Å². The molecule has 0 radical (unpaired) electrons. The van der Waals surface area contributed by atoms with Gasteiger partial charge in [0.15, 0.2) is 0 Å². The van der Waals surface area contributed by atoms with Gasteiger partial charge in [-0.25, -0.2) is 0 Å². The number of nitrogens with one attached hydrogen (secondary N) is 2. The first-order valence-corrected chi connectivity index (χ1v) is 5.37. The summed E-state index contributed by atoms with van der Waals surface area (Å²) < 4.78 is 5.30. The molecule has 0 saturated heterocycles. The van der Waals surface area contributed by atoms with Crippen LogP contribution in [0.2, 0.25) is 0 Å². The second-order valence-corrected chi connectivity index (χ2v) is 3.42. The number of amides is 1. The smallest absolute Gasteiger partial charge is 0.238 e. The molecule has 0 atom stereocenters. The Bertz CT molecular complexity index is 340. The van der Waals surface area contributed by atoms with Crippen molar-refractivity contribution >= 4 is 11.6 Å². The molecule has 0 aromatic heterocycles. The highest BCUT2D eigenvalue weighted by atomic mass is 16.5. The molecule has 16 heavy (non-hydrogen) atoms. The van der Waals surface area contributed by atoms with Crippen molar-refractivity contribution in [1.82, 2.24) is 5.32 Å². The van der Waals surface area contributed by atoms with E-state index in [2.05, 4.69) is 10.6 Å². The van der Waals surface area contributed by atoms with Crippen LogP contribution in [-0.2, 0) is 16.1 Å². The first kappa shape index (κ1) is 12.7. The molecule has 1 aromatic rings. The fourth-order valence-corrected chi connectivity index (χ4v) is 1.32. The molecule has 1 amide bonds. The van der Waals surface area contributed by atoms with Crippen LogP contribution in [0.5, 0.6) is 0 Å². The normalized spacial score (nSPS) is 10.1. The fraction of sp³-hybridized carbons (Fsp3) is 0.417. The highest BCUT2D eigenvalue weighted by molar-refractivity contribution is 5.92. The van der Waals surface area contributed by atoms with Crippen molar-refractivity contribution in [3.05, 3.63) is 29.8 Å². The Morgan fingerprint density at radius 1 is 1.44 bits per heavy atom. The van der Waals surface area contributed by atoms with Gasteiger partial charge in [-0.15, -0.1) is 0 Å². The van der Waals surface area contributed by atoms with E-state index in [4.69, 9.17) is 4.74 Å². The first-order valence-electron chi connectivity index (χ1n) is 5.37. The standard InChI is InChI=1S/C12H18N2O2/c1-3-16-9-10-5-4-6-11(7-10)14-12(15)8-13-2/h4-7,13H,3,8-9H2,1-2H3,(H,14,15). The highest BCUT2D eigenvalue weighted by Crippen LogP contribution is 2.11. The Kier molecular flexibility index (Phi) is 5.53. The van der Waals surface area contributed by atoms with Gasteiger partial charge in [-0.05, 0) is 31.7 Å². The molecule has 0 unspecified atom stereocenters. The van der Waals surface area contributed by atoms with Crippen LogP contribution in [0.15, 0.2) is 24.3 Å². The number of rotatable bonds is 6. The predicted molar refractivity (Wildman–Crippen MR) is 64.3 cm³/mol. The van der Waals surface area contributed by atoms with Crippen LogP contribution < -0.4 is 10.6 Å². The minimum absolute atomic E-state index is 0.0453. The van der Waals surface area contributed by atoms with Crippen molar-refractivity contribution in [3.63, 3.8) is 0 Å². The van der Waals surface area contributed by atoms with Crippen LogP contribution in [-0.4, -0.2) is 26.1 Å². The maximum Gasteiger partial charge on any atom is 0.238 e. The second-order valence-electron chi connectivity index (χ2n) is 3.42. The van der Waals surface area contributed by atoms with E-state index in [9.17, 15) is 4.79 Å². The van der Waals surface area contributed by atoms with E-state index < -0.39 is 0 Å². The topological polar surface area (TPSA) is 50.4 Å². The van der Waals surface area contributed by atoms with Crippen LogP contribution in [0, 0.1) is 0 Å². The van der Waals surface area contributed by atoms with Crippen molar-refractivity contribution in [2.45, 2.75) is 13.5 Å². The van der Waals surface area contributed by atoms with E-state index in [1.165, 1.54) is 0 Å². The monoisotopic (exact) mass is 222 g/mol. The van der Waals surface area contributed by atoms with Gasteiger partial charge >= 0.3 is 0 Å². The lowest BCUT2D eigenvalue weighted by atomic mass is 10.2. The van der Waals surface area contributed by atoms with Crippen LogP contribution in [0.1, 0.15) is 12.5 Å². The Balaban J connectivity index is 2.56. The Hall–Kier alpha value is -1.39. The SMILES string of the molecule is CCOCc1cccc(NC(=O)CNC)c1. The zero-order valence-corrected chi connectivity index (χ0v) is 9.75. The summed E-state index contributed by atoms with van der Waals surface area (Å²) in [6, 6.07) is 7.67. The van der Waals surface area contributed by atoms with Gasteiger partial charge in [0.05, 0.1) is 13.2 Å². The molecule has 0 aliphatic carbocycles. The van der Waals surface area contributed by atoms with E-state index in [0.717, 1.165) is 11.3 Å². The van der Waals surface area contributed by atoms with Gasteiger partial charge in [0.2, 0.25) is 5.91 Å². The van der Waals surface area contributed by atoms with Gasteiger partial charge in [-0.3, -0.25) is 4.79 Å². The number of hydrogen-bond donors (Lipinski definition) is 2. The van der Waals surface area contributed by atoms with E-state index in [0.29, 0.717) is 19.8 Å². The molecule has 4 nitrogen and oxygen atoms in total. The second kappa shape index (κ2) is 6.98. The molecule has 0 aliphatic rings. The summed E-state index contributed by atoms with van der Waals surface area (Å²) in [5.74, 6) is -0.0453. The van der Waals surface area contributed by atoms with Crippen molar-refractivity contribution in [2.75, 3.05) is 25.5 Å². The molecule has 1 aromatic carbocycles. The summed E-state index contributed by atoms with van der Waals surface area (Å²) in [6.07, 6.45) is 0. The van der Waals surface area contributed by atoms with Gasteiger partial charge in [0.1, 0.15) is 0 Å². The summed E-state index contributed by atoms with van der Waals surface area (Å²) >= 11 is 0. The lowest BCUT2D eigenvalue weighted by Gasteiger charge is -2.07.